The Labute approximate surface area is 201 Å². The summed E-state index contributed by atoms with van der Waals surface area (Å²) < 4.78 is 32.6. The minimum atomic E-state index is -0.461. The summed E-state index contributed by atoms with van der Waals surface area (Å²) in [6.07, 6.45) is 1.31. The van der Waals surface area contributed by atoms with Crippen LogP contribution in [0.4, 0.5) is 4.39 Å². The van der Waals surface area contributed by atoms with E-state index in [-0.39, 0.29) is 24.0 Å². The summed E-state index contributed by atoms with van der Waals surface area (Å²) in [7, 11) is 3.09. The average Bonchev–Trinajstić information content (AvgIpc) is 3.25. The van der Waals surface area contributed by atoms with E-state index < -0.39 is 11.9 Å². The molecule has 2 aromatic carbocycles. The lowest BCUT2D eigenvalue weighted by atomic mass is 10.2. The molecule has 0 spiro atoms. The van der Waals surface area contributed by atoms with Gasteiger partial charge in [-0.15, -0.1) is 16.8 Å². The van der Waals surface area contributed by atoms with Gasteiger partial charge in [0.25, 0.3) is 0 Å². The summed E-state index contributed by atoms with van der Waals surface area (Å²) >= 11 is 1.27. The highest BCUT2D eigenvalue weighted by molar-refractivity contribution is 7.99. The van der Waals surface area contributed by atoms with Crippen molar-refractivity contribution in [2.45, 2.75) is 24.3 Å². The smallest absolute Gasteiger partial charge is 0.233 e. The molecule has 0 N–H and O–H groups in total. The number of fused-ring (bicyclic) bond motifs is 1. The summed E-state index contributed by atoms with van der Waals surface area (Å²) in [5, 5.41) is 9.16. The first kappa shape index (κ1) is 23.6. The highest BCUT2D eigenvalue weighted by Gasteiger charge is 2.28. The number of benzene rings is 2. The zero-order valence-electron chi connectivity index (χ0n) is 18.9. The van der Waals surface area contributed by atoms with E-state index in [2.05, 4.69) is 16.8 Å². The van der Waals surface area contributed by atoms with E-state index in [9.17, 15) is 9.18 Å². The Morgan fingerprint density at radius 2 is 2.12 bits per heavy atom. The third-order valence-corrected chi connectivity index (χ3v) is 6.19. The van der Waals surface area contributed by atoms with Crippen LogP contribution in [0, 0.1) is 5.82 Å². The number of nitrogens with zero attached hydrogens (tertiary/aromatic N) is 4. The van der Waals surface area contributed by atoms with Crippen molar-refractivity contribution in [3.8, 4) is 17.2 Å². The van der Waals surface area contributed by atoms with E-state index in [1.807, 2.05) is 28.8 Å². The van der Waals surface area contributed by atoms with Crippen LogP contribution >= 0.6 is 11.8 Å². The fourth-order valence-corrected chi connectivity index (χ4v) is 4.39. The van der Waals surface area contributed by atoms with Crippen LogP contribution in [0.5, 0.6) is 17.2 Å². The normalized spacial score (nSPS) is 14.5. The number of hydrogen-bond acceptors (Lipinski definition) is 7. The lowest BCUT2D eigenvalue weighted by molar-refractivity contribution is -0.127. The zero-order chi connectivity index (χ0) is 24.1. The molecule has 178 valence electrons. The lowest BCUT2D eigenvalue weighted by Crippen LogP contribution is -2.28. The summed E-state index contributed by atoms with van der Waals surface area (Å²) in [4.78, 5) is 14.2. The number of carbonyl (C=O) groups is 1. The number of rotatable bonds is 9. The Balaban J connectivity index is 1.41. The van der Waals surface area contributed by atoms with Crippen molar-refractivity contribution in [1.82, 2.24) is 19.7 Å². The number of carbonyl (C=O) groups excluding carboxylic acids is 1. The summed E-state index contributed by atoms with van der Waals surface area (Å²) in [6.45, 7) is 4.85. The molecule has 0 radical (unpaired) electrons. The largest absolute Gasteiger partial charge is 0.494 e. The van der Waals surface area contributed by atoms with Gasteiger partial charge >= 0.3 is 0 Å². The fraction of sp³-hybridized carbons (Fsp3) is 0.292. The maximum atomic E-state index is 13.9. The number of hydrogen-bond donors (Lipinski definition) is 0. The Hall–Kier alpha value is -3.53. The highest BCUT2D eigenvalue weighted by Crippen LogP contribution is 2.36. The number of halogens is 1. The van der Waals surface area contributed by atoms with Gasteiger partial charge in [0.1, 0.15) is 6.61 Å². The van der Waals surface area contributed by atoms with Gasteiger partial charge in [0.2, 0.25) is 5.91 Å². The molecule has 1 aliphatic heterocycles. The van der Waals surface area contributed by atoms with E-state index >= 15 is 0 Å². The average molecular weight is 485 g/mol. The number of thioether (sulfide) groups is 1. The molecule has 0 saturated carbocycles. The standard InChI is InChI=1S/C24H25FN4O4S/c1-4-11-29-23(21-14-32-19-7-5-6-8-20(19)33-21)26-27-24(29)34-15-22(30)28(2)13-16-9-10-18(31-3)17(25)12-16/h4-10,12,21H,1,11,13-15H2,2-3H3. The first-order valence-electron chi connectivity index (χ1n) is 10.6. The van der Waals surface area contributed by atoms with Gasteiger partial charge < -0.3 is 19.1 Å². The molecule has 0 aliphatic carbocycles. The van der Waals surface area contributed by atoms with E-state index in [0.717, 1.165) is 0 Å². The van der Waals surface area contributed by atoms with Crippen LogP contribution in [0.1, 0.15) is 17.5 Å². The number of para-hydroxylation sites is 2. The van der Waals surface area contributed by atoms with Crippen molar-refractivity contribution in [3.05, 3.63) is 72.3 Å². The molecule has 0 saturated heterocycles. The molecule has 8 nitrogen and oxygen atoms in total. The van der Waals surface area contributed by atoms with Crippen LogP contribution in [-0.2, 0) is 17.9 Å². The van der Waals surface area contributed by atoms with Crippen molar-refractivity contribution in [1.29, 1.82) is 0 Å². The Bertz CT molecular complexity index is 1190. The van der Waals surface area contributed by atoms with Gasteiger partial charge in [0.15, 0.2) is 40.2 Å². The van der Waals surface area contributed by atoms with Gasteiger partial charge in [-0.25, -0.2) is 4.39 Å². The second-order valence-corrected chi connectivity index (χ2v) is 8.55. The Kier molecular flexibility index (Phi) is 7.36. The lowest BCUT2D eigenvalue weighted by Gasteiger charge is -2.26. The Morgan fingerprint density at radius 3 is 2.85 bits per heavy atom. The van der Waals surface area contributed by atoms with Gasteiger partial charge in [-0.2, -0.15) is 0 Å². The SMILES string of the molecule is C=CCn1c(SCC(=O)N(C)Cc2ccc(OC)c(F)c2)nnc1C1COc2ccccc2O1. The summed E-state index contributed by atoms with van der Waals surface area (Å²) in [6, 6.07) is 12.1. The zero-order valence-corrected chi connectivity index (χ0v) is 19.8. The maximum absolute atomic E-state index is 13.9. The molecule has 1 aromatic heterocycles. The van der Waals surface area contributed by atoms with Crippen molar-refractivity contribution in [2.24, 2.45) is 0 Å². The molecule has 10 heteroatoms. The third-order valence-electron chi connectivity index (χ3n) is 5.24. The second kappa shape index (κ2) is 10.6. The second-order valence-electron chi connectivity index (χ2n) is 7.61. The molecule has 1 amide bonds. The molecule has 1 unspecified atom stereocenters. The van der Waals surface area contributed by atoms with Crippen molar-refractivity contribution in [3.63, 3.8) is 0 Å². The first-order valence-corrected chi connectivity index (χ1v) is 11.6. The minimum absolute atomic E-state index is 0.123. The summed E-state index contributed by atoms with van der Waals surface area (Å²) in [5.41, 5.74) is 0.672. The van der Waals surface area contributed by atoms with E-state index in [1.54, 1.807) is 30.2 Å². The van der Waals surface area contributed by atoms with Crippen LogP contribution in [0.25, 0.3) is 0 Å². The molecule has 3 aromatic rings. The van der Waals surface area contributed by atoms with Crippen molar-refractivity contribution in [2.75, 3.05) is 26.5 Å². The maximum Gasteiger partial charge on any atom is 0.233 e. The summed E-state index contributed by atoms with van der Waals surface area (Å²) in [5.74, 6) is 1.67. The molecule has 4 rings (SSSR count). The molecule has 34 heavy (non-hydrogen) atoms. The first-order chi connectivity index (χ1) is 16.5. The predicted molar refractivity (Wildman–Crippen MR) is 126 cm³/mol. The number of ether oxygens (including phenoxy) is 3. The van der Waals surface area contributed by atoms with Gasteiger partial charge in [0, 0.05) is 20.1 Å². The van der Waals surface area contributed by atoms with Crippen LogP contribution < -0.4 is 14.2 Å². The van der Waals surface area contributed by atoms with Crippen LogP contribution in [-0.4, -0.2) is 52.1 Å². The fourth-order valence-electron chi connectivity index (χ4n) is 3.50. The van der Waals surface area contributed by atoms with Crippen LogP contribution in [0.2, 0.25) is 0 Å². The van der Waals surface area contributed by atoms with Gasteiger partial charge in [-0.05, 0) is 29.8 Å². The molecule has 2 heterocycles. The van der Waals surface area contributed by atoms with Crippen molar-refractivity contribution < 1.29 is 23.4 Å². The number of methoxy groups -OCH3 is 1. The quantitative estimate of drug-likeness (QED) is 0.337. The van der Waals surface area contributed by atoms with Crippen molar-refractivity contribution >= 4 is 17.7 Å². The van der Waals surface area contributed by atoms with Gasteiger partial charge in [-0.3, -0.25) is 9.36 Å². The highest BCUT2D eigenvalue weighted by atomic mass is 32.2. The molecule has 1 aliphatic rings. The number of aromatic nitrogens is 3. The van der Waals surface area contributed by atoms with E-state index in [0.29, 0.717) is 41.2 Å². The van der Waals surface area contributed by atoms with E-state index in [4.69, 9.17) is 14.2 Å². The molecular weight excluding hydrogens is 459 g/mol. The predicted octanol–water partition coefficient (Wildman–Crippen LogP) is 3.88. The topological polar surface area (TPSA) is 78.7 Å². The van der Waals surface area contributed by atoms with Crippen LogP contribution in [0.3, 0.4) is 0 Å². The monoisotopic (exact) mass is 484 g/mol. The minimum Gasteiger partial charge on any atom is -0.494 e. The molecule has 0 fully saturated rings. The van der Waals surface area contributed by atoms with Gasteiger partial charge in [-0.1, -0.05) is 36.0 Å². The third kappa shape index (κ3) is 5.17. The Morgan fingerprint density at radius 1 is 1.32 bits per heavy atom. The number of allylic oxidation sites excluding steroid dienone is 1. The van der Waals surface area contributed by atoms with Crippen LogP contribution in [0.15, 0.2) is 60.3 Å². The molecular formula is C24H25FN4O4S. The van der Waals surface area contributed by atoms with Gasteiger partial charge in [0.05, 0.1) is 12.9 Å². The molecule has 1 atom stereocenters. The number of amides is 1. The van der Waals surface area contributed by atoms with E-state index in [1.165, 1.54) is 24.9 Å². The molecule has 0 bridgehead atoms.